The smallest absolute Gasteiger partial charge is 0.270 e. The zero-order valence-corrected chi connectivity index (χ0v) is 19.3. The maximum absolute atomic E-state index is 12.9. The standard InChI is InChI=1S/C24H20Cl2N2O3S/c25-20-10-9-19(23(26)15-20)16-32-12-11-27-24(29)22(18-6-2-1-3-7-18)14-17-5-4-8-21(13-17)28(30)31/h1-10,13-15H,11-12,16H2,(H,27,29)/b22-14+. The zero-order chi connectivity index (χ0) is 22.9. The van der Waals surface area contributed by atoms with Crippen molar-refractivity contribution in [2.24, 2.45) is 0 Å². The molecule has 32 heavy (non-hydrogen) atoms. The van der Waals surface area contributed by atoms with Crippen molar-refractivity contribution >= 4 is 58.2 Å². The molecule has 0 aromatic heterocycles. The average molecular weight is 487 g/mol. The predicted octanol–water partition coefficient (Wildman–Crippen LogP) is 6.49. The third-order valence-electron chi connectivity index (χ3n) is 4.53. The summed E-state index contributed by atoms with van der Waals surface area (Å²) in [6, 6.07) is 20.8. The van der Waals surface area contributed by atoms with Gasteiger partial charge in [-0.05, 0) is 34.9 Å². The van der Waals surface area contributed by atoms with Crippen molar-refractivity contribution in [3.8, 4) is 0 Å². The molecule has 0 bridgehead atoms. The van der Waals surface area contributed by atoms with E-state index in [0.29, 0.717) is 39.2 Å². The molecule has 5 nitrogen and oxygen atoms in total. The lowest BCUT2D eigenvalue weighted by Gasteiger charge is -2.10. The summed E-state index contributed by atoms with van der Waals surface area (Å²) in [6.07, 6.45) is 1.66. The molecule has 0 aliphatic carbocycles. The average Bonchev–Trinajstić information content (AvgIpc) is 2.79. The highest BCUT2D eigenvalue weighted by molar-refractivity contribution is 7.98. The topological polar surface area (TPSA) is 72.2 Å². The molecule has 3 rings (SSSR count). The second-order valence-corrected chi connectivity index (χ2v) is 8.77. The lowest BCUT2D eigenvalue weighted by atomic mass is 10.0. The maximum atomic E-state index is 12.9. The number of halogens is 2. The van der Waals surface area contributed by atoms with Crippen LogP contribution in [0.1, 0.15) is 16.7 Å². The Morgan fingerprint density at radius 2 is 1.81 bits per heavy atom. The van der Waals surface area contributed by atoms with E-state index in [1.807, 2.05) is 36.4 Å². The molecule has 1 N–H and O–H groups in total. The van der Waals surface area contributed by atoms with Gasteiger partial charge in [-0.15, -0.1) is 0 Å². The summed E-state index contributed by atoms with van der Waals surface area (Å²) in [5.74, 6) is 1.16. The summed E-state index contributed by atoms with van der Waals surface area (Å²) >= 11 is 13.8. The van der Waals surface area contributed by atoms with Gasteiger partial charge < -0.3 is 5.32 Å². The van der Waals surface area contributed by atoms with Gasteiger partial charge in [0, 0.05) is 45.8 Å². The van der Waals surface area contributed by atoms with Crippen LogP contribution in [-0.2, 0) is 10.5 Å². The largest absolute Gasteiger partial charge is 0.351 e. The first-order valence-electron chi connectivity index (χ1n) is 9.75. The second kappa shape index (κ2) is 11.7. The first-order chi connectivity index (χ1) is 15.4. The lowest BCUT2D eigenvalue weighted by Crippen LogP contribution is -2.26. The number of carbonyl (C=O) groups excluding carboxylic acids is 1. The van der Waals surface area contributed by atoms with Crippen molar-refractivity contribution in [3.05, 3.63) is 110 Å². The summed E-state index contributed by atoms with van der Waals surface area (Å²) in [5.41, 5.74) is 2.72. The number of amides is 1. The van der Waals surface area contributed by atoms with E-state index in [9.17, 15) is 14.9 Å². The number of nitrogens with one attached hydrogen (secondary N) is 1. The Balaban J connectivity index is 1.65. The van der Waals surface area contributed by atoms with Crippen molar-refractivity contribution in [2.75, 3.05) is 12.3 Å². The van der Waals surface area contributed by atoms with E-state index in [4.69, 9.17) is 23.2 Å². The van der Waals surface area contributed by atoms with Crippen molar-refractivity contribution in [2.45, 2.75) is 5.75 Å². The minimum atomic E-state index is -0.455. The predicted molar refractivity (Wildman–Crippen MR) is 133 cm³/mol. The number of rotatable bonds is 9. The van der Waals surface area contributed by atoms with Gasteiger partial charge in [-0.3, -0.25) is 14.9 Å². The highest BCUT2D eigenvalue weighted by atomic mass is 35.5. The monoisotopic (exact) mass is 486 g/mol. The molecule has 0 aliphatic heterocycles. The molecule has 0 fully saturated rings. The van der Waals surface area contributed by atoms with E-state index in [0.717, 1.165) is 11.1 Å². The number of benzene rings is 3. The first-order valence-corrected chi connectivity index (χ1v) is 11.7. The van der Waals surface area contributed by atoms with Crippen molar-refractivity contribution < 1.29 is 9.72 Å². The molecule has 0 heterocycles. The quantitative estimate of drug-likeness (QED) is 0.123. The highest BCUT2D eigenvalue weighted by Gasteiger charge is 2.13. The third kappa shape index (κ3) is 6.85. The van der Waals surface area contributed by atoms with Gasteiger partial charge in [-0.25, -0.2) is 0 Å². The number of nitro benzene ring substituents is 1. The third-order valence-corrected chi connectivity index (χ3v) is 6.12. The molecule has 0 atom stereocenters. The van der Waals surface area contributed by atoms with Crippen LogP contribution in [-0.4, -0.2) is 23.1 Å². The van der Waals surface area contributed by atoms with Crippen LogP contribution in [0.15, 0.2) is 72.8 Å². The van der Waals surface area contributed by atoms with Crippen molar-refractivity contribution in [3.63, 3.8) is 0 Å². The molecular formula is C24H20Cl2N2O3S. The van der Waals surface area contributed by atoms with Gasteiger partial charge in [-0.2, -0.15) is 11.8 Å². The van der Waals surface area contributed by atoms with E-state index in [2.05, 4.69) is 5.32 Å². The maximum Gasteiger partial charge on any atom is 0.270 e. The highest BCUT2D eigenvalue weighted by Crippen LogP contribution is 2.25. The molecule has 1 amide bonds. The van der Waals surface area contributed by atoms with Gasteiger partial charge in [0.1, 0.15) is 0 Å². The van der Waals surface area contributed by atoms with Gasteiger partial charge in [0.15, 0.2) is 0 Å². The number of non-ortho nitro benzene ring substituents is 1. The minimum Gasteiger partial charge on any atom is -0.351 e. The molecule has 0 aliphatic rings. The fourth-order valence-electron chi connectivity index (χ4n) is 2.95. The Morgan fingerprint density at radius 1 is 1.03 bits per heavy atom. The first kappa shape index (κ1) is 23.9. The van der Waals surface area contributed by atoms with Crippen molar-refractivity contribution in [1.29, 1.82) is 0 Å². The van der Waals surface area contributed by atoms with Gasteiger partial charge in [0.25, 0.3) is 11.6 Å². The number of nitrogens with zero attached hydrogens (tertiary/aromatic N) is 1. The Kier molecular flexibility index (Phi) is 8.73. The van der Waals surface area contributed by atoms with Crippen LogP contribution in [0.25, 0.3) is 11.6 Å². The van der Waals surface area contributed by atoms with Gasteiger partial charge >= 0.3 is 0 Å². The fraction of sp³-hybridized carbons (Fsp3) is 0.125. The van der Waals surface area contributed by atoms with Gasteiger partial charge in [0.05, 0.1) is 4.92 Å². The lowest BCUT2D eigenvalue weighted by molar-refractivity contribution is -0.384. The number of hydrogen-bond donors (Lipinski definition) is 1. The minimum absolute atomic E-state index is 0.0242. The number of hydrogen-bond acceptors (Lipinski definition) is 4. The van der Waals surface area contributed by atoms with Crippen LogP contribution in [0.4, 0.5) is 5.69 Å². The van der Waals surface area contributed by atoms with Crippen LogP contribution in [0.5, 0.6) is 0 Å². The van der Waals surface area contributed by atoms with Crippen molar-refractivity contribution in [1.82, 2.24) is 5.32 Å². The molecule has 8 heteroatoms. The van der Waals surface area contributed by atoms with E-state index < -0.39 is 4.92 Å². The molecule has 0 spiro atoms. The Bertz CT molecular complexity index is 1140. The summed E-state index contributed by atoms with van der Waals surface area (Å²) in [5, 5.41) is 15.2. The molecule has 164 valence electrons. The van der Waals surface area contributed by atoms with E-state index in [-0.39, 0.29) is 11.6 Å². The number of thioether (sulfide) groups is 1. The molecular weight excluding hydrogens is 467 g/mol. The normalized spacial score (nSPS) is 11.2. The fourth-order valence-corrected chi connectivity index (χ4v) is 4.36. The molecule has 0 saturated heterocycles. The molecule has 3 aromatic rings. The summed E-state index contributed by atoms with van der Waals surface area (Å²) in [6.45, 7) is 0.466. The molecule has 0 radical (unpaired) electrons. The molecule has 3 aromatic carbocycles. The summed E-state index contributed by atoms with van der Waals surface area (Å²) < 4.78 is 0. The summed E-state index contributed by atoms with van der Waals surface area (Å²) in [7, 11) is 0. The van der Waals surface area contributed by atoms with Gasteiger partial charge in [-0.1, -0.05) is 71.7 Å². The van der Waals surface area contributed by atoms with E-state index >= 15 is 0 Å². The number of carbonyl (C=O) groups is 1. The molecule has 0 unspecified atom stereocenters. The Hall–Kier alpha value is -2.80. The van der Waals surface area contributed by atoms with Gasteiger partial charge in [0.2, 0.25) is 0 Å². The van der Waals surface area contributed by atoms with Crippen LogP contribution in [0.3, 0.4) is 0 Å². The van der Waals surface area contributed by atoms with Crippen LogP contribution >= 0.6 is 35.0 Å². The molecule has 0 saturated carbocycles. The van der Waals surface area contributed by atoms with Crippen LogP contribution in [0, 0.1) is 10.1 Å². The van der Waals surface area contributed by atoms with Crippen LogP contribution in [0.2, 0.25) is 10.0 Å². The van der Waals surface area contributed by atoms with Crippen LogP contribution < -0.4 is 5.32 Å². The second-order valence-electron chi connectivity index (χ2n) is 6.82. The zero-order valence-electron chi connectivity index (χ0n) is 17.0. The van der Waals surface area contributed by atoms with E-state index in [1.54, 1.807) is 42.1 Å². The Labute approximate surface area is 200 Å². The Morgan fingerprint density at radius 3 is 2.53 bits per heavy atom. The number of nitro groups is 1. The summed E-state index contributed by atoms with van der Waals surface area (Å²) in [4.78, 5) is 23.6. The SMILES string of the molecule is O=C(NCCSCc1ccc(Cl)cc1Cl)/C(=C/c1cccc([N+](=O)[O-])c1)c1ccccc1. The van der Waals surface area contributed by atoms with E-state index in [1.165, 1.54) is 12.1 Å².